The number of fused-ring (bicyclic) bond motifs is 1. The summed E-state index contributed by atoms with van der Waals surface area (Å²) >= 11 is 0. The van der Waals surface area contributed by atoms with Gasteiger partial charge in [0.15, 0.2) is 0 Å². The van der Waals surface area contributed by atoms with Crippen LogP contribution < -0.4 is 5.32 Å². The lowest BCUT2D eigenvalue weighted by Gasteiger charge is -2.27. The van der Waals surface area contributed by atoms with E-state index in [1.54, 1.807) is 0 Å². The van der Waals surface area contributed by atoms with Crippen molar-refractivity contribution in [3.8, 4) is 0 Å². The second-order valence-electron chi connectivity index (χ2n) is 5.37. The lowest BCUT2D eigenvalue weighted by Crippen LogP contribution is -2.28. The number of nitrogens with one attached hydrogen (secondary N) is 1. The number of piperidine rings is 1. The first-order valence-electron chi connectivity index (χ1n) is 6.59. The topological polar surface area (TPSA) is 29.9 Å². The van der Waals surface area contributed by atoms with Crippen molar-refractivity contribution in [2.75, 3.05) is 13.1 Å². The minimum atomic E-state index is 0.746. The van der Waals surface area contributed by atoms with E-state index in [9.17, 15) is 0 Å². The normalized spacial score (nSPS) is 26.7. The molecule has 1 atom stereocenters. The van der Waals surface area contributed by atoms with Crippen LogP contribution in [0.1, 0.15) is 43.6 Å². The highest BCUT2D eigenvalue weighted by Gasteiger charge is 2.24. The molecule has 1 aromatic heterocycles. The fraction of sp³-hybridized carbons (Fsp3) is 0.769. The molecular formula is C13H21N3. The van der Waals surface area contributed by atoms with Gasteiger partial charge >= 0.3 is 0 Å². The zero-order valence-corrected chi connectivity index (χ0v) is 10.1. The average molecular weight is 219 g/mol. The van der Waals surface area contributed by atoms with Gasteiger partial charge in [-0.2, -0.15) is 0 Å². The molecule has 3 rings (SSSR count). The minimum absolute atomic E-state index is 0.746. The first-order valence-corrected chi connectivity index (χ1v) is 6.59. The molecule has 3 heterocycles. The summed E-state index contributed by atoms with van der Waals surface area (Å²) in [7, 11) is 0. The van der Waals surface area contributed by atoms with Crippen molar-refractivity contribution in [2.24, 2.45) is 5.92 Å². The third-order valence-electron chi connectivity index (χ3n) is 4.10. The lowest BCUT2D eigenvalue weighted by molar-refractivity contribution is 0.380. The quantitative estimate of drug-likeness (QED) is 0.782. The predicted molar refractivity (Wildman–Crippen MR) is 64.6 cm³/mol. The lowest BCUT2D eigenvalue weighted by atomic mass is 9.94. The molecule has 1 saturated heterocycles. The second kappa shape index (κ2) is 4.21. The second-order valence-corrected chi connectivity index (χ2v) is 5.37. The van der Waals surface area contributed by atoms with Crippen LogP contribution in [0.2, 0.25) is 0 Å². The van der Waals surface area contributed by atoms with Crippen molar-refractivity contribution in [2.45, 2.75) is 45.1 Å². The van der Waals surface area contributed by atoms with Gasteiger partial charge in [0.05, 0.1) is 0 Å². The molecule has 2 aliphatic rings. The Hall–Kier alpha value is -0.830. The molecule has 3 nitrogen and oxygen atoms in total. The van der Waals surface area contributed by atoms with Gasteiger partial charge in [0.1, 0.15) is 5.82 Å². The summed E-state index contributed by atoms with van der Waals surface area (Å²) < 4.78 is 2.50. The van der Waals surface area contributed by atoms with E-state index in [4.69, 9.17) is 0 Å². The largest absolute Gasteiger partial charge is 0.332 e. The maximum Gasteiger partial charge on any atom is 0.109 e. The standard InChI is InChI=1S/C13H21N3/c1-10-4-7-16-12(9-15-13(16)8-10)11-2-5-14-6-3-11/h9-11,14H,2-8H2,1H3. The highest BCUT2D eigenvalue weighted by atomic mass is 15.1. The van der Waals surface area contributed by atoms with Crippen LogP contribution in [-0.2, 0) is 13.0 Å². The van der Waals surface area contributed by atoms with Crippen molar-refractivity contribution < 1.29 is 0 Å². The van der Waals surface area contributed by atoms with Crippen LogP contribution in [0.15, 0.2) is 6.20 Å². The molecule has 0 aromatic carbocycles. The van der Waals surface area contributed by atoms with Crippen LogP contribution in [0, 0.1) is 5.92 Å². The van der Waals surface area contributed by atoms with Gasteiger partial charge in [-0.1, -0.05) is 6.92 Å². The summed E-state index contributed by atoms with van der Waals surface area (Å²) in [5.41, 5.74) is 1.50. The number of aromatic nitrogens is 2. The van der Waals surface area contributed by atoms with E-state index in [-0.39, 0.29) is 0 Å². The van der Waals surface area contributed by atoms with Crippen LogP contribution in [0.4, 0.5) is 0 Å². The van der Waals surface area contributed by atoms with Crippen molar-refractivity contribution in [1.29, 1.82) is 0 Å². The van der Waals surface area contributed by atoms with Crippen LogP contribution in [0.25, 0.3) is 0 Å². The van der Waals surface area contributed by atoms with E-state index in [1.807, 2.05) is 0 Å². The van der Waals surface area contributed by atoms with Gasteiger partial charge in [-0.05, 0) is 38.3 Å². The number of hydrogen-bond donors (Lipinski definition) is 1. The Balaban J connectivity index is 1.85. The van der Waals surface area contributed by atoms with Crippen LogP contribution in [0.3, 0.4) is 0 Å². The molecular weight excluding hydrogens is 198 g/mol. The van der Waals surface area contributed by atoms with Gasteiger partial charge in [-0.15, -0.1) is 0 Å². The maximum absolute atomic E-state index is 4.62. The first-order chi connectivity index (χ1) is 7.84. The third kappa shape index (κ3) is 1.77. The molecule has 1 N–H and O–H groups in total. The van der Waals surface area contributed by atoms with E-state index in [0.29, 0.717) is 0 Å². The van der Waals surface area contributed by atoms with Crippen molar-refractivity contribution >= 4 is 0 Å². The summed E-state index contributed by atoms with van der Waals surface area (Å²) in [5.74, 6) is 2.89. The molecule has 88 valence electrons. The molecule has 0 aliphatic carbocycles. The van der Waals surface area contributed by atoms with Crippen LogP contribution in [0.5, 0.6) is 0 Å². The third-order valence-corrected chi connectivity index (χ3v) is 4.10. The predicted octanol–water partition coefficient (Wildman–Crippen LogP) is 1.93. The molecule has 2 aliphatic heterocycles. The van der Waals surface area contributed by atoms with Crippen LogP contribution >= 0.6 is 0 Å². The molecule has 1 aromatic rings. The van der Waals surface area contributed by atoms with Gasteiger partial charge in [-0.25, -0.2) is 4.98 Å². The van der Waals surface area contributed by atoms with E-state index in [0.717, 1.165) is 11.8 Å². The summed E-state index contributed by atoms with van der Waals surface area (Å²) in [6, 6.07) is 0. The molecule has 1 fully saturated rings. The summed E-state index contributed by atoms with van der Waals surface area (Å²) in [6.45, 7) is 5.86. The maximum atomic E-state index is 4.62. The van der Waals surface area contributed by atoms with E-state index in [2.05, 4.69) is 28.0 Å². The molecule has 1 unspecified atom stereocenters. The van der Waals surface area contributed by atoms with E-state index in [1.165, 1.54) is 56.8 Å². The monoisotopic (exact) mass is 219 g/mol. The van der Waals surface area contributed by atoms with Gasteiger partial charge in [-0.3, -0.25) is 0 Å². The molecule has 16 heavy (non-hydrogen) atoms. The molecule has 0 bridgehead atoms. The number of rotatable bonds is 1. The van der Waals surface area contributed by atoms with Gasteiger partial charge < -0.3 is 9.88 Å². The summed E-state index contributed by atoms with van der Waals surface area (Å²) in [5, 5.41) is 3.43. The number of imidazole rings is 1. The zero-order valence-electron chi connectivity index (χ0n) is 10.1. The number of hydrogen-bond acceptors (Lipinski definition) is 2. The Morgan fingerprint density at radius 1 is 1.31 bits per heavy atom. The molecule has 0 amide bonds. The fourth-order valence-electron chi connectivity index (χ4n) is 3.06. The summed E-state index contributed by atoms with van der Waals surface area (Å²) in [4.78, 5) is 4.62. The highest BCUT2D eigenvalue weighted by molar-refractivity contribution is 5.14. The van der Waals surface area contributed by atoms with Gasteiger partial charge in [0.2, 0.25) is 0 Å². The summed E-state index contributed by atoms with van der Waals surface area (Å²) in [6.07, 6.45) is 7.19. The Bertz CT molecular complexity index is 363. The average Bonchev–Trinajstić information content (AvgIpc) is 2.73. The minimum Gasteiger partial charge on any atom is -0.332 e. The van der Waals surface area contributed by atoms with Crippen molar-refractivity contribution in [1.82, 2.24) is 14.9 Å². The Kier molecular flexibility index (Phi) is 2.72. The highest BCUT2D eigenvalue weighted by Crippen LogP contribution is 2.29. The van der Waals surface area contributed by atoms with Crippen molar-refractivity contribution in [3.63, 3.8) is 0 Å². The van der Waals surface area contributed by atoms with E-state index >= 15 is 0 Å². The van der Waals surface area contributed by atoms with Gasteiger partial charge in [0, 0.05) is 30.8 Å². The number of nitrogens with zero attached hydrogens (tertiary/aromatic N) is 2. The Labute approximate surface area is 97.3 Å². The van der Waals surface area contributed by atoms with Crippen molar-refractivity contribution in [3.05, 3.63) is 17.7 Å². The Morgan fingerprint density at radius 3 is 2.94 bits per heavy atom. The molecule has 0 spiro atoms. The zero-order chi connectivity index (χ0) is 11.0. The van der Waals surface area contributed by atoms with Crippen LogP contribution in [-0.4, -0.2) is 22.6 Å². The fourth-order valence-corrected chi connectivity index (χ4v) is 3.06. The molecule has 0 radical (unpaired) electrons. The van der Waals surface area contributed by atoms with Gasteiger partial charge in [0.25, 0.3) is 0 Å². The molecule has 3 heteroatoms. The Morgan fingerprint density at radius 2 is 2.12 bits per heavy atom. The SMILES string of the molecule is CC1CCn2c(C3CCNCC3)cnc2C1. The smallest absolute Gasteiger partial charge is 0.109 e. The van der Waals surface area contributed by atoms with E-state index < -0.39 is 0 Å². The molecule has 0 saturated carbocycles. The first kappa shape index (κ1) is 10.3.